The Bertz CT molecular complexity index is 584. The number of nitrogens with zero attached hydrogens (tertiary/aromatic N) is 2. The zero-order valence-corrected chi connectivity index (χ0v) is 11.9. The Balaban J connectivity index is 2.14. The predicted octanol–water partition coefficient (Wildman–Crippen LogP) is 3.39. The van der Waals surface area contributed by atoms with E-state index in [1.54, 1.807) is 6.07 Å². The molecule has 0 saturated heterocycles. The van der Waals surface area contributed by atoms with Crippen LogP contribution in [0, 0.1) is 5.82 Å². The Morgan fingerprint density at radius 2 is 1.90 bits per heavy atom. The number of hydrogen-bond acceptors (Lipinski definition) is 4. The highest BCUT2D eigenvalue weighted by Gasteiger charge is 2.07. The molecule has 0 saturated carbocycles. The van der Waals surface area contributed by atoms with E-state index in [4.69, 9.17) is 0 Å². The third-order valence-corrected chi connectivity index (χ3v) is 2.88. The van der Waals surface area contributed by atoms with Gasteiger partial charge in [-0.25, -0.2) is 14.4 Å². The molecule has 0 amide bonds. The maximum Gasteiger partial charge on any atom is 0.135 e. The van der Waals surface area contributed by atoms with Crippen LogP contribution < -0.4 is 10.6 Å². The topological polar surface area (TPSA) is 49.8 Å². The van der Waals surface area contributed by atoms with Gasteiger partial charge in [0.1, 0.15) is 23.3 Å². The van der Waals surface area contributed by atoms with Crippen LogP contribution >= 0.6 is 0 Å². The van der Waals surface area contributed by atoms with E-state index in [1.165, 1.54) is 12.1 Å². The van der Waals surface area contributed by atoms with Crippen LogP contribution in [0.3, 0.4) is 0 Å². The number of anilines is 2. The lowest BCUT2D eigenvalue weighted by Crippen LogP contribution is -2.07. The van der Waals surface area contributed by atoms with Gasteiger partial charge in [-0.05, 0) is 17.7 Å². The van der Waals surface area contributed by atoms with Crippen LogP contribution in [0.1, 0.15) is 31.2 Å². The summed E-state index contributed by atoms with van der Waals surface area (Å²) in [5.41, 5.74) is 0.876. The molecule has 1 heterocycles. The van der Waals surface area contributed by atoms with Gasteiger partial charge in [0, 0.05) is 25.6 Å². The van der Waals surface area contributed by atoms with Gasteiger partial charge in [0.25, 0.3) is 0 Å². The Hall–Kier alpha value is -2.17. The van der Waals surface area contributed by atoms with Crippen LogP contribution in [-0.4, -0.2) is 17.0 Å². The summed E-state index contributed by atoms with van der Waals surface area (Å²) in [6, 6.07) is 8.36. The number of halogens is 1. The maximum atomic E-state index is 13.1. The highest BCUT2D eigenvalue weighted by Crippen LogP contribution is 2.17. The van der Waals surface area contributed by atoms with Gasteiger partial charge in [0.05, 0.1) is 0 Å². The van der Waals surface area contributed by atoms with Gasteiger partial charge in [-0.1, -0.05) is 26.0 Å². The molecule has 0 aliphatic carbocycles. The Morgan fingerprint density at radius 3 is 2.55 bits per heavy atom. The molecule has 4 nitrogen and oxygen atoms in total. The average Bonchev–Trinajstić information content (AvgIpc) is 2.45. The number of hydrogen-bond donors (Lipinski definition) is 2. The molecule has 0 radical (unpaired) electrons. The normalized spacial score (nSPS) is 10.7. The number of aromatic nitrogens is 2. The van der Waals surface area contributed by atoms with E-state index in [9.17, 15) is 4.39 Å². The summed E-state index contributed by atoms with van der Waals surface area (Å²) in [4.78, 5) is 8.86. The van der Waals surface area contributed by atoms with Crippen molar-refractivity contribution in [3.63, 3.8) is 0 Å². The molecule has 0 bridgehead atoms. The highest BCUT2D eigenvalue weighted by atomic mass is 19.1. The minimum Gasteiger partial charge on any atom is -0.373 e. The Labute approximate surface area is 118 Å². The molecule has 2 rings (SSSR count). The Kier molecular flexibility index (Phi) is 4.50. The van der Waals surface area contributed by atoms with Gasteiger partial charge in [-0.2, -0.15) is 0 Å². The SMILES string of the molecule is CNc1cc(NCc2cccc(F)c2)nc(C(C)C)n1. The molecule has 0 aliphatic rings. The second-order valence-corrected chi connectivity index (χ2v) is 4.88. The summed E-state index contributed by atoms with van der Waals surface area (Å²) in [7, 11) is 1.82. The fraction of sp³-hybridized carbons (Fsp3) is 0.333. The van der Waals surface area contributed by atoms with Crippen LogP contribution in [0.15, 0.2) is 30.3 Å². The Morgan fingerprint density at radius 1 is 1.15 bits per heavy atom. The molecule has 5 heteroatoms. The smallest absolute Gasteiger partial charge is 0.135 e. The van der Waals surface area contributed by atoms with E-state index in [0.29, 0.717) is 6.54 Å². The third-order valence-electron chi connectivity index (χ3n) is 2.88. The molecule has 0 unspecified atom stereocenters. The van der Waals surface area contributed by atoms with Crippen molar-refractivity contribution in [3.05, 3.63) is 47.5 Å². The van der Waals surface area contributed by atoms with E-state index >= 15 is 0 Å². The van der Waals surface area contributed by atoms with Crippen LogP contribution in [0.4, 0.5) is 16.0 Å². The fourth-order valence-electron chi connectivity index (χ4n) is 1.78. The van der Waals surface area contributed by atoms with Gasteiger partial charge in [0.2, 0.25) is 0 Å². The van der Waals surface area contributed by atoms with E-state index < -0.39 is 0 Å². The summed E-state index contributed by atoms with van der Waals surface area (Å²) in [5, 5.41) is 6.22. The van der Waals surface area contributed by atoms with Crippen molar-refractivity contribution >= 4 is 11.6 Å². The first-order chi connectivity index (χ1) is 9.58. The zero-order valence-electron chi connectivity index (χ0n) is 11.9. The largest absolute Gasteiger partial charge is 0.373 e. The third kappa shape index (κ3) is 3.66. The van der Waals surface area contributed by atoms with Crippen LogP contribution in [0.25, 0.3) is 0 Å². The predicted molar refractivity (Wildman–Crippen MR) is 79.4 cm³/mol. The number of nitrogens with one attached hydrogen (secondary N) is 2. The molecule has 20 heavy (non-hydrogen) atoms. The minimum atomic E-state index is -0.231. The summed E-state index contributed by atoms with van der Waals surface area (Å²) in [6.07, 6.45) is 0. The van der Waals surface area contributed by atoms with Crippen LogP contribution in [-0.2, 0) is 6.54 Å². The summed E-state index contributed by atoms with van der Waals surface area (Å²) in [6.45, 7) is 4.62. The van der Waals surface area contributed by atoms with Crippen LogP contribution in [0.2, 0.25) is 0 Å². The minimum absolute atomic E-state index is 0.231. The van der Waals surface area contributed by atoms with Gasteiger partial charge in [-0.15, -0.1) is 0 Å². The molecule has 1 aromatic heterocycles. The lowest BCUT2D eigenvalue weighted by Gasteiger charge is -2.11. The van der Waals surface area contributed by atoms with Crippen molar-refractivity contribution in [1.82, 2.24) is 9.97 Å². The number of benzene rings is 1. The van der Waals surface area contributed by atoms with Gasteiger partial charge in [-0.3, -0.25) is 0 Å². The van der Waals surface area contributed by atoms with Gasteiger partial charge < -0.3 is 10.6 Å². The van der Waals surface area contributed by atoms with Crippen molar-refractivity contribution < 1.29 is 4.39 Å². The molecule has 2 aromatic rings. The van der Waals surface area contributed by atoms with Crippen LogP contribution in [0.5, 0.6) is 0 Å². The molecular weight excluding hydrogens is 255 g/mol. The zero-order chi connectivity index (χ0) is 14.5. The summed E-state index contributed by atoms with van der Waals surface area (Å²) in [5.74, 6) is 2.30. The molecule has 0 fully saturated rings. The first kappa shape index (κ1) is 14.2. The van der Waals surface area contributed by atoms with E-state index in [-0.39, 0.29) is 11.7 Å². The quantitative estimate of drug-likeness (QED) is 0.877. The van der Waals surface area contributed by atoms with Gasteiger partial charge in [0.15, 0.2) is 0 Å². The summed E-state index contributed by atoms with van der Waals surface area (Å²) < 4.78 is 13.1. The summed E-state index contributed by atoms with van der Waals surface area (Å²) >= 11 is 0. The van der Waals surface area contributed by atoms with E-state index in [2.05, 4.69) is 20.6 Å². The first-order valence-electron chi connectivity index (χ1n) is 6.63. The molecule has 1 aromatic carbocycles. The number of rotatable bonds is 5. The second kappa shape index (κ2) is 6.32. The molecule has 0 aliphatic heterocycles. The molecule has 2 N–H and O–H groups in total. The van der Waals surface area contributed by atoms with Crippen molar-refractivity contribution in [2.75, 3.05) is 17.7 Å². The van der Waals surface area contributed by atoms with Gasteiger partial charge >= 0.3 is 0 Å². The van der Waals surface area contributed by atoms with E-state index in [0.717, 1.165) is 23.0 Å². The standard InChI is InChI=1S/C15H19FN4/c1-10(2)15-19-13(17-3)8-14(20-15)18-9-11-5-4-6-12(16)7-11/h4-8,10H,9H2,1-3H3,(H2,17,18,19,20). The molecule has 106 valence electrons. The maximum absolute atomic E-state index is 13.1. The fourth-order valence-corrected chi connectivity index (χ4v) is 1.78. The lowest BCUT2D eigenvalue weighted by molar-refractivity contribution is 0.626. The first-order valence-corrected chi connectivity index (χ1v) is 6.63. The van der Waals surface area contributed by atoms with Crippen molar-refractivity contribution in [1.29, 1.82) is 0 Å². The second-order valence-electron chi connectivity index (χ2n) is 4.88. The highest BCUT2D eigenvalue weighted by molar-refractivity contribution is 5.47. The van der Waals surface area contributed by atoms with Crippen molar-refractivity contribution in [2.45, 2.75) is 26.3 Å². The van der Waals surface area contributed by atoms with Crippen molar-refractivity contribution in [3.8, 4) is 0 Å². The average molecular weight is 274 g/mol. The lowest BCUT2D eigenvalue weighted by atomic mass is 10.2. The van der Waals surface area contributed by atoms with Crippen molar-refractivity contribution in [2.24, 2.45) is 0 Å². The molecule has 0 atom stereocenters. The molecular formula is C15H19FN4. The molecule has 0 spiro atoms. The van der Waals surface area contributed by atoms with E-state index in [1.807, 2.05) is 33.0 Å². The monoisotopic (exact) mass is 274 g/mol.